The molecule has 3 rings (SSSR count). The molecule has 0 atom stereocenters. The van der Waals surface area contributed by atoms with Crippen LogP contribution in [-0.4, -0.2) is 21.6 Å². The molecule has 0 spiro atoms. The first kappa shape index (κ1) is 25.0. The summed E-state index contributed by atoms with van der Waals surface area (Å²) in [6, 6.07) is 16.5. The predicted molar refractivity (Wildman–Crippen MR) is 127 cm³/mol. The van der Waals surface area contributed by atoms with E-state index in [1.165, 1.54) is 18.2 Å². The molecule has 6 nitrogen and oxygen atoms in total. The number of nitrogens with one attached hydrogen (secondary N) is 1. The molecule has 0 fully saturated rings. The molecule has 0 saturated heterocycles. The van der Waals surface area contributed by atoms with Crippen LogP contribution >= 0.6 is 11.6 Å². The van der Waals surface area contributed by atoms with Crippen molar-refractivity contribution in [1.82, 2.24) is 5.32 Å². The molecule has 0 aromatic heterocycles. The van der Waals surface area contributed by atoms with Crippen LogP contribution in [0.3, 0.4) is 0 Å². The average Bonchev–Trinajstić information content (AvgIpc) is 2.77. The fourth-order valence-corrected chi connectivity index (χ4v) is 4.01. The van der Waals surface area contributed by atoms with E-state index in [1.54, 1.807) is 36.4 Å². The quantitative estimate of drug-likeness (QED) is 0.386. The highest BCUT2D eigenvalue weighted by Crippen LogP contribution is 2.37. The SMILES string of the molecule is CCOc1cc(CNCCc2ccc(S(N)(=O)=O)cc2)cc(Cl)c1OCc1ccccc1F. The van der Waals surface area contributed by atoms with Gasteiger partial charge in [-0.25, -0.2) is 17.9 Å². The van der Waals surface area contributed by atoms with Crippen LogP contribution in [0.2, 0.25) is 5.02 Å². The van der Waals surface area contributed by atoms with Gasteiger partial charge in [0.15, 0.2) is 11.5 Å². The molecule has 3 aromatic rings. The largest absolute Gasteiger partial charge is 0.490 e. The van der Waals surface area contributed by atoms with E-state index in [-0.39, 0.29) is 17.3 Å². The lowest BCUT2D eigenvalue weighted by Crippen LogP contribution is -2.17. The Labute approximate surface area is 198 Å². The molecule has 33 heavy (non-hydrogen) atoms. The second kappa shape index (κ2) is 11.5. The van der Waals surface area contributed by atoms with E-state index in [4.69, 9.17) is 26.2 Å². The summed E-state index contributed by atoms with van der Waals surface area (Å²) in [6.07, 6.45) is 0.709. The minimum absolute atomic E-state index is 0.0360. The van der Waals surface area contributed by atoms with Gasteiger partial charge in [0.25, 0.3) is 0 Å². The van der Waals surface area contributed by atoms with Gasteiger partial charge in [-0.05, 0) is 61.3 Å². The smallest absolute Gasteiger partial charge is 0.238 e. The monoisotopic (exact) mass is 492 g/mol. The fourth-order valence-electron chi connectivity index (χ4n) is 3.20. The lowest BCUT2D eigenvalue weighted by atomic mass is 10.1. The van der Waals surface area contributed by atoms with Crippen LogP contribution < -0.4 is 19.9 Å². The third-order valence-corrected chi connectivity index (χ3v) is 6.08. The zero-order valence-corrected chi connectivity index (χ0v) is 19.8. The fraction of sp³-hybridized carbons (Fsp3) is 0.250. The van der Waals surface area contributed by atoms with Gasteiger partial charge in [0.2, 0.25) is 10.0 Å². The maximum Gasteiger partial charge on any atom is 0.238 e. The number of hydrogen-bond acceptors (Lipinski definition) is 5. The summed E-state index contributed by atoms with van der Waals surface area (Å²) < 4.78 is 48.0. The van der Waals surface area contributed by atoms with Crippen molar-refractivity contribution in [2.45, 2.75) is 31.4 Å². The normalized spacial score (nSPS) is 11.4. The van der Waals surface area contributed by atoms with Crippen molar-refractivity contribution in [3.05, 3.63) is 88.2 Å². The molecule has 176 valence electrons. The Kier molecular flexibility index (Phi) is 8.68. The van der Waals surface area contributed by atoms with Crippen molar-refractivity contribution in [3.63, 3.8) is 0 Å². The van der Waals surface area contributed by atoms with Gasteiger partial charge in [0.05, 0.1) is 16.5 Å². The number of benzene rings is 3. The highest BCUT2D eigenvalue weighted by molar-refractivity contribution is 7.89. The molecule has 9 heteroatoms. The summed E-state index contributed by atoms with van der Waals surface area (Å²) >= 11 is 6.45. The van der Waals surface area contributed by atoms with Crippen LogP contribution in [0.4, 0.5) is 4.39 Å². The summed E-state index contributed by atoms with van der Waals surface area (Å²) in [5.74, 6) is 0.531. The second-order valence-electron chi connectivity index (χ2n) is 7.33. The summed E-state index contributed by atoms with van der Waals surface area (Å²) in [5.41, 5.74) is 2.32. The number of halogens is 2. The zero-order chi connectivity index (χ0) is 23.8. The van der Waals surface area contributed by atoms with Gasteiger partial charge in [-0.3, -0.25) is 0 Å². The molecule has 0 saturated carbocycles. The van der Waals surface area contributed by atoms with Crippen molar-refractivity contribution in [2.24, 2.45) is 5.14 Å². The Morgan fingerprint density at radius 3 is 2.42 bits per heavy atom. The summed E-state index contributed by atoms with van der Waals surface area (Å²) in [5, 5.41) is 8.83. The Balaban J connectivity index is 1.60. The number of nitrogens with two attached hydrogens (primary N) is 1. The molecule has 0 aliphatic carbocycles. The van der Waals surface area contributed by atoms with E-state index in [9.17, 15) is 12.8 Å². The number of ether oxygens (including phenoxy) is 2. The first-order valence-electron chi connectivity index (χ1n) is 10.4. The summed E-state index contributed by atoms with van der Waals surface area (Å²) in [7, 11) is -3.69. The Morgan fingerprint density at radius 1 is 1.03 bits per heavy atom. The number of primary sulfonamides is 1. The van der Waals surface area contributed by atoms with Gasteiger partial charge in [0.1, 0.15) is 12.4 Å². The number of sulfonamides is 1. The van der Waals surface area contributed by atoms with Gasteiger partial charge >= 0.3 is 0 Å². The molecular formula is C24H26ClFN2O4S. The predicted octanol–water partition coefficient (Wildman–Crippen LogP) is 4.44. The third kappa shape index (κ3) is 7.17. The molecule has 0 aliphatic heterocycles. The van der Waals surface area contributed by atoms with Crippen LogP contribution in [0.1, 0.15) is 23.6 Å². The lowest BCUT2D eigenvalue weighted by molar-refractivity contribution is 0.266. The molecular weight excluding hydrogens is 467 g/mol. The van der Waals surface area contributed by atoms with Crippen LogP contribution in [-0.2, 0) is 29.6 Å². The van der Waals surface area contributed by atoms with Crippen molar-refractivity contribution in [2.75, 3.05) is 13.2 Å². The average molecular weight is 493 g/mol. The lowest BCUT2D eigenvalue weighted by Gasteiger charge is -2.16. The standard InChI is InChI=1S/C24H26ClFN2O4S/c1-2-31-23-14-18(13-21(25)24(23)32-16-19-5-3-4-6-22(19)26)15-28-12-11-17-7-9-20(10-8-17)33(27,29)30/h3-10,13-14,28H,2,11-12,15-16H2,1H3,(H2,27,29,30). The van der Waals surface area contributed by atoms with E-state index in [2.05, 4.69) is 5.32 Å². The van der Waals surface area contributed by atoms with Crippen molar-refractivity contribution < 1.29 is 22.3 Å². The van der Waals surface area contributed by atoms with Gasteiger partial charge in [-0.1, -0.05) is 41.9 Å². The minimum Gasteiger partial charge on any atom is -0.490 e. The van der Waals surface area contributed by atoms with E-state index in [0.29, 0.717) is 48.2 Å². The van der Waals surface area contributed by atoms with E-state index in [1.807, 2.05) is 13.0 Å². The highest BCUT2D eigenvalue weighted by atomic mass is 35.5. The minimum atomic E-state index is -3.69. The van der Waals surface area contributed by atoms with E-state index >= 15 is 0 Å². The summed E-state index contributed by atoms with van der Waals surface area (Å²) in [6.45, 7) is 3.54. The van der Waals surface area contributed by atoms with Gasteiger partial charge in [0, 0.05) is 12.1 Å². The van der Waals surface area contributed by atoms with Gasteiger partial charge in [-0.2, -0.15) is 0 Å². The Bertz CT molecular complexity index is 1190. The van der Waals surface area contributed by atoms with Crippen LogP contribution in [0.15, 0.2) is 65.6 Å². The van der Waals surface area contributed by atoms with E-state index in [0.717, 1.165) is 11.1 Å². The topological polar surface area (TPSA) is 90.6 Å². The first-order valence-corrected chi connectivity index (χ1v) is 12.3. The van der Waals surface area contributed by atoms with E-state index < -0.39 is 10.0 Å². The van der Waals surface area contributed by atoms with Gasteiger partial charge in [-0.15, -0.1) is 0 Å². The molecule has 3 N–H and O–H groups in total. The second-order valence-corrected chi connectivity index (χ2v) is 9.30. The zero-order valence-electron chi connectivity index (χ0n) is 18.2. The molecule has 0 aliphatic rings. The molecule has 0 amide bonds. The Hall–Kier alpha value is -2.65. The van der Waals surface area contributed by atoms with Crippen LogP contribution in [0.25, 0.3) is 0 Å². The van der Waals surface area contributed by atoms with Crippen molar-refractivity contribution in [3.8, 4) is 11.5 Å². The number of hydrogen-bond donors (Lipinski definition) is 2. The molecule has 0 unspecified atom stereocenters. The first-order chi connectivity index (χ1) is 15.8. The Morgan fingerprint density at radius 2 is 1.76 bits per heavy atom. The molecule has 0 bridgehead atoms. The van der Waals surface area contributed by atoms with Crippen molar-refractivity contribution >= 4 is 21.6 Å². The summed E-state index contributed by atoms with van der Waals surface area (Å²) in [4.78, 5) is 0.0922. The molecule has 0 radical (unpaired) electrons. The van der Waals surface area contributed by atoms with Crippen LogP contribution in [0.5, 0.6) is 11.5 Å². The van der Waals surface area contributed by atoms with Gasteiger partial charge < -0.3 is 14.8 Å². The highest BCUT2D eigenvalue weighted by Gasteiger charge is 2.14. The van der Waals surface area contributed by atoms with Crippen LogP contribution in [0, 0.1) is 5.82 Å². The third-order valence-electron chi connectivity index (χ3n) is 4.87. The number of rotatable bonds is 11. The maximum absolute atomic E-state index is 13.9. The molecule has 3 aromatic carbocycles. The van der Waals surface area contributed by atoms with Crippen molar-refractivity contribution in [1.29, 1.82) is 0 Å². The molecule has 0 heterocycles. The maximum atomic E-state index is 13.9.